The summed E-state index contributed by atoms with van der Waals surface area (Å²) in [5, 5.41) is -6.40. The van der Waals surface area contributed by atoms with E-state index in [0.29, 0.717) is 0 Å². The zero-order valence-corrected chi connectivity index (χ0v) is 28.5. The van der Waals surface area contributed by atoms with Gasteiger partial charge in [0, 0.05) is 0 Å². The van der Waals surface area contributed by atoms with Crippen LogP contribution in [-0.4, -0.2) is 0 Å². The molecule has 0 saturated heterocycles. The quantitative estimate of drug-likeness (QED) is 0.157. The van der Waals surface area contributed by atoms with Crippen LogP contribution in [0.2, 0.25) is 0 Å². The highest BCUT2D eigenvalue weighted by molar-refractivity contribution is 6.26. The number of fused-ring (bicyclic) bond motifs is 3. The van der Waals surface area contributed by atoms with E-state index in [4.69, 9.17) is 21.9 Å². The normalized spacial score (nSPS) is 21.8. The molecule has 0 unspecified atom stereocenters. The third-order valence-electron chi connectivity index (χ3n) is 10.5. The Kier molecular flexibility index (Phi) is 2.57. The minimum atomic E-state index is -3.56. The van der Waals surface area contributed by atoms with Crippen LogP contribution in [0, 0.1) is 0 Å². The molecule has 0 heterocycles. The topological polar surface area (TPSA) is 0 Å². The van der Waals surface area contributed by atoms with Crippen molar-refractivity contribution in [3.63, 3.8) is 0 Å². The van der Waals surface area contributed by atoms with E-state index in [1.165, 1.54) is 0 Å². The molecule has 0 amide bonds. The Morgan fingerprint density at radius 2 is 0.632 bits per heavy atom. The third kappa shape index (κ3) is 4.12. The fraction of sp³-hybridized carbons (Fsp3) is 0.0175. The molecule has 0 heteroatoms. The SMILES string of the molecule is [2H]c1c([2H])c([2H])c(C2(c3c([2H])c([2H])c([2H])c([2H])c3[2H])c3c([2H])c(-c4c([2H])c([2H])c5c([2H])c([2H])c6c([2H])c([2H])c([2H])c7c([2H])c([2H])c4c5c67)c([2H])c([2H])c3-c3c([2H])c([2H])c(-c4c([2H])c([2H])c5c([2H])c([2H])c6c([2H])c([2H])c([2H])c7c([2H])c([2H])c4c5c67)c([2H])c32)c([2H])c1[2H]. The monoisotopic (exact) mass is 752 g/mol. The van der Waals surface area contributed by atoms with Gasteiger partial charge in [-0.05, 0) is 132 Å². The molecule has 12 aromatic rings. The lowest BCUT2D eigenvalue weighted by molar-refractivity contribution is 0.769. The second-order valence-corrected chi connectivity index (χ2v) is 13.2. The van der Waals surface area contributed by atoms with Gasteiger partial charge >= 0.3 is 0 Å². The van der Waals surface area contributed by atoms with Crippen LogP contribution in [-0.2, 0) is 5.41 Å². The van der Waals surface area contributed by atoms with Crippen molar-refractivity contribution in [3.8, 4) is 33.4 Å². The minimum absolute atomic E-state index is 0.406. The number of benzene rings is 12. The molecule has 0 saturated carbocycles. The fourth-order valence-electron chi connectivity index (χ4n) is 8.12. The summed E-state index contributed by atoms with van der Waals surface area (Å²) in [6.07, 6.45) is 0. The molecule has 0 atom stereocenters. The summed E-state index contributed by atoms with van der Waals surface area (Å²) in [5.74, 6) is 0. The lowest BCUT2D eigenvalue weighted by atomic mass is 9.67. The molecule has 262 valence electrons. The first-order chi connectivity index (χ1) is 42.5. The van der Waals surface area contributed by atoms with Crippen molar-refractivity contribution in [1.82, 2.24) is 0 Å². The highest BCUT2D eigenvalue weighted by atomic mass is 14.5. The largest absolute Gasteiger partial charge is 0.0713 e. The maximum Gasteiger partial charge on any atom is 0.0713 e. The van der Waals surface area contributed by atoms with Gasteiger partial charge in [-0.15, -0.1) is 0 Å². The maximum atomic E-state index is 10.7. The third-order valence-corrected chi connectivity index (χ3v) is 10.5. The Bertz CT molecular complexity index is 5120. The van der Waals surface area contributed by atoms with Gasteiger partial charge in [0.1, 0.15) is 0 Å². The van der Waals surface area contributed by atoms with Crippen LogP contribution in [0.1, 0.15) is 68.9 Å². The second kappa shape index (κ2) is 11.4. The van der Waals surface area contributed by atoms with E-state index >= 15 is 0 Å². The fourth-order valence-corrected chi connectivity index (χ4v) is 8.12. The molecule has 57 heavy (non-hydrogen) atoms. The average Bonchev–Trinajstić information content (AvgIpc) is 1.59. The van der Waals surface area contributed by atoms with Crippen molar-refractivity contribution < 1.29 is 46.6 Å². The van der Waals surface area contributed by atoms with Gasteiger partial charge in [-0.3, -0.25) is 0 Å². The highest BCUT2D eigenvalue weighted by Gasteiger charge is 2.46. The molecular weight excluding hydrogens is 685 g/mol. The van der Waals surface area contributed by atoms with Crippen molar-refractivity contribution in [3.05, 3.63) is 228 Å². The van der Waals surface area contributed by atoms with E-state index < -0.39 is 331 Å². The average molecular weight is 753 g/mol. The molecule has 12 aromatic carbocycles. The Morgan fingerprint density at radius 3 is 1.05 bits per heavy atom. The first kappa shape index (κ1) is 12.9. The predicted octanol–water partition coefficient (Wildman–Crippen LogP) is 15.2. The summed E-state index contributed by atoms with van der Waals surface area (Å²) in [7, 11) is 0. The molecule has 0 aliphatic heterocycles. The van der Waals surface area contributed by atoms with Gasteiger partial charge in [0.05, 0.1) is 52.0 Å². The molecule has 13 rings (SSSR count). The van der Waals surface area contributed by atoms with Crippen molar-refractivity contribution in [2.75, 3.05) is 0 Å². The molecule has 1 aliphatic rings. The first-order valence-corrected chi connectivity index (χ1v) is 17.2. The summed E-state index contributed by atoms with van der Waals surface area (Å²) in [4.78, 5) is 0. The van der Waals surface area contributed by atoms with Crippen LogP contribution in [0.5, 0.6) is 0 Å². The van der Waals surface area contributed by atoms with E-state index in [1.54, 1.807) is 0 Å². The Morgan fingerprint density at radius 1 is 0.281 bits per heavy atom. The van der Waals surface area contributed by atoms with Crippen molar-refractivity contribution >= 4 is 64.6 Å². The standard InChI is InChI=1S/C57H34/c1-3-13-43(14-4-1)57(44-15-5-2-6-16-44)51-33-41(45-27-21-39-19-17-35-9-7-11-37-23-31-49(45)55(39)53(35)37)25-29-47(51)48-30-26-42(34-52(48)57)46-28-22-40-20-18-36-10-8-12-38-24-32-50(46)56(40)54(36)38/h1-34H/i1D,2D,3D,4D,5D,6D,7D,8D,9D,10D,11D,12D,13D,14D,15D,16D,17D,18D,19D,20D,21D,22D,23D,24D,25D,26D,27D,28D,29D,30D,31D,32D,33D,34D. The highest BCUT2D eigenvalue weighted by Crippen LogP contribution is 2.58. The van der Waals surface area contributed by atoms with Gasteiger partial charge in [-0.2, -0.15) is 0 Å². The molecule has 0 N–H and O–H groups in total. The molecule has 0 spiro atoms. The molecule has 1 aliphatic carbocycles. The molecule has 0 nitrogen and oxygen atoms in total. The van der Waals surface area contributed by atoms with Gasteiger partial charge in [0.2, 0.25) is 0 Å². The van der Waals surface area contributed by atoms with Crippen LogP contribution in [0.3, 0.4) is 0 Å². The van der Waals surface area contributed by atoms with E-state index in [9.17, 15) is 24.7 Å². The van der Waals surface area contributed by atoms with E-state index in [-0.39, 0.29) is 0 Å². The van der Waals surface area contributed by atoms with Crippen LogP contribution >= 0.6 is 0 Å². The first-order valence-electron chi connectivity index (χ1n) is 34.2. The summed E-state index contributed by atoms with van der Waals surface area (Å²) in [6, 6.07) is -35.8. The van der Waals surface area contributed by atoms with Crippen molar-refractivity contribution in [2.45, 2.75) is 5.41 Å². The zero-order valence-electron chi connectivity index (χ0n) is 62.5. The summed E-state index contributed by atoms with van der Waals surface area (Å²) in [6.45, 7) is 0. The lowest BCUT2D eigenvalue weighted by Crippen LogP contribution is -2.28. The smallest absolute Gasteiger partial charge is 0.0622 e. The second-order valence-electron chi connectivity index (χ2n) is 13.2. The Balaban J connectivity index is 1.34. The Labute approximate surface area is 378 Å². The summed E-state index contributed by atoms with van der Waals surface area (Å²) in [5.41, 5.74) is -13.8. The van der Waals surface area contributed by atoms with Gasteiger partial charge < -0.3 is 0 Å². The van der Waals surface area contributed by atoms with Crippen LogP contribution in [0.15, 0.2) is 205 Å². The van der Waals surface area contributed by atoms with Gasteiger partial charge in [0.15, 0.2) is 0 Å². The summed E-state index contributed by atoms with van der Waals surface area (Å²) >= 11 is 0. The van der Waals surface area contributed by atoms with Crippen LogP contribution in [0.25, 0.3) is 98.0 Å². The van der Waals surface area contributed by atoms with Gasteiger partial charge in [-0.25, -0.2) is 0 Å². The minimum Gasteiger partial charge on any atom is -0.0622 e. The molecule has 0 bridgehead atoms. The van der Waals surface area contributed by atoms with Crippen LogP contribution in [0.4, 0.5) is 0 Å². The van der Waals surface area contributed by atoms with Gasteiger partial charge in [0.25, 0.3) is 0 Å². The molecule has 0 fully saturated rings. The van der Waals surface area contributed by atoms with E-state index in [0.717, 1.165) is 0 Å². The molecule has 0 aromatic heterocycles. The van der Waals surface area contributed by atoms with Gasteiger partial charge in [-0.1, -0.05) is 193 Å². The lowest BCUT2D eigenvalue weighted by Gasteiger charge is -2.34. The van der Waals surface area contributed by atoms with Crippen molar-refractivity contribution in [1.29, 1.82) is 0 Å². The number of hydrogen-bond donors (Lipinski definition) is 0. The van der Waals surface area contributed by atoms with Crippen molar-refractivity contribution in [2.24, 2.45) is 0 Å². The van der Waals surface area contributed by atoms with E-state index in [2.05, 4.69) is 0 Å². The predicted molar refractivity (Wildman–Crippen MR) is 242 cm³/mol. The molecule has 0 radical (unpaired) electrons. The molecular formula is C57H34. The number of hydrogen-bond acceptors (Lipinski definition) is 0. The Hall–Kier alpha value is -7.28. The number of rotatable bonds is 4. The van der Waals surface area contributed by atoms with E-state index in [1.807, 2.05) is 0 Å². The van der Waals surface area contributed by atoms with Crippen LogP contribution < -0.4 is 0 Å². The summed E-state index contributed by atoms with van der Waals surface area (Å²) < 4.78 is 321. The zero-order chi connectivity index (χ0) is 66.8. The maximum absolute atomic E-state index is 10.7.